The number of hydrogen-bond donors (Lipinski definition) is 0. The Balaban J connectivity index is 1.65. The van der Waals surface area contributed by atoms with Crippen molar-refractivity contribution in [1.82, 2.24) is 4.90 Å². The number of hydrogen-bond acceptors (Lipinski definition) is 3. The molecule has 0 atom stereocenters. The molecule has 6 heteroatoms. The molecule has 0 aliphatic carbocycles. The predicted molar refractivity (Wildman–Crippen MR) is 109 cm³/mol. The van der Waals surface area contributed by atoms with E-state index in [1.807, 2.05) is 29.2 Å². The maximum Gasteiger partial charge on any atom is 0.265 e. The van der Waals surface area contributed by atoms with Crippen molar-refractivity contribution < 1.29 is 14.0 Å². The van der Waals surface area contributed by atoms with E-state index >= 15 is 0 Å². The lowest BCUT2D eigenvalue weighted by molar-refractivity contribution is -0.131. The standard InChI is InChI=1S/C22H21FN2O2S/c23-17-9-3-2-8-16(17)14-20-22(27)25(18-10-4-5-11-19(18)28-20)15-21(26)24-12-6-1-7-13-24/h2-5,8-11,14H,1,6-7,12-13,15H2/b20-14-. The van der Waals surface area contributed by atoms with E-state index in [1.54, 1.807) is 24.3 Å². The van der Waals surface area contributed by atoms with Gasteiger partial charge in [0.1, 0.15) is 12.4 Å². The minimum Gasteiger partial charge on any atom is -0.341 e. The highest BCUT2D eigenvalue weighted by atomic mass is 32.2. The van der Waals surface area contributed by atoms with Crippen LogP contribution in [0.15, 0.2) is 58.3 Å². The number of anilines is 1. The summed E-state index contributed by atoms with van der Waals surface area (Å²) in [6.45, 7) is 1.50. The molecule has 0 spiro atoms. The first-order valence-corrected chi connectivity index (χ1v) is 10.3. The van der Waals surface area contributed by atoms with Crippen LogP contribution in [0.5, 0.6) is 0 Å². The largest absolute Gasteiger partial charge is 0.341 e. The summed E-state index contributed by atoms with van der Waals surface area (Å²) in [4.78, 5) is 30.6. The Morgan fingerprint density at radius 2 is 1.75 bits per heavy atom. The molecule has 2 aliphatic rings. The Hall–Kier alpha value is -2.60. The highest BCUT2D eigenvalue weighted by Crippen LogP contribution is 2.42. The van der Waals surface area contributed by atoms with Crippen molar-refractivity contribution in [1.29, 1.82) is 0 Å². The molecule has 4 nitrogen and oxygen atoms in total. The van der Waals surface area contributed by atoms with E-state index in [0.717, 1.165) is 42.9 Å². The average Bonchev–Trinajstić information content (AvgIpc) is 2.73. The van der Waals surface area contributed by atoms with E-state index in [1.165, 1.54) is 22.7 Å². The van der Waals surface area contributed by atoms with Crippen molar-refractivity contribution in [3.05, 3.63) is 64.8 Å². The number of halogens is 1. The van der Waals surface area contributed by atoms with Gasteiger partial charge in [0.15, 0.2) is 0 Å². The van der Waals surface area contributed by atoms with E-state index in [4.69, 9.17) is 0 Å². The second kappa shape index (κ2) is 8.19. The number of amides is 2. The number of nitrogens with zero attached hydrogens (tertiary/aromatic N) is 2. The molecule has 2 heterocycles. The molecule has 0 unspecified atom stereocenters. The first kappa shape index (κ1) is 18.7. The van der Waals surface area contributed by atoms with Crippen molar-refractivity contribution in [3.63, 3.8) is 0 Å². The van der Waals surface area contributed by atoms with Crippen molar-refractivity contribution in [3.8, 4) is 0 Å². The van der Waals surface area contributed by atoms with Gasteiger partial charge in [0.2, 0.25) is 5.91 Å². The van der Waals surface area contributed by atoms with E-state index in [-0.39, 0.29) is 24.2 Å². The summed E-state index contributed by atoms with van der Waals surface area (Å²) in [6, 6.07) is 13.9. The average molecular weight is 396 g/mol. The van der Waals surface area contributed by atoms with E-state index in [2.05, 4.69) is 0 Å². The molecule has 0 N–H and O–H groups in total. The number of fused-ring (bicyclic) bond motifs is 1. The van der Waals surface area contributed by atoms with Crippen LogP contribution in [0.4, 0.5) is 10.1 Å². The Morgan fingerprint density at radius 1 is 1.04 bits per heavy atom. The van der Waals surface area contributed by atoms with Crippen molar-refractivity contribution in [2.75, 3.05) is 24.5 Å². The second-order valence-electron chi connectivity index (χ2n) is 6.93. The fraction of sp³-hybridized carbons (Fsp3) is 0.273. The summed E-state index contributed by atoms with van der Waals surface area (Å²) >= 11 is 1.31. The summed E-state index contributed by atoms with van der Waals surface area (Å²) in [5, 5.41) is 0. The van der Waals surface area contributed by atoms with Crippen molar-refractivity contribution >= 4 is 35.3 Å². The van der Waals surface area contributed by atoms with Gasteiger partial charge in [-0.15, -0.1) is 0 Å². The molecule has 0 aromatic heterocycles. The lowest BCUT2D eigenvalue weighted by Crippen LogP contribution is -2.46. The fourth-order valence-corrected chi connectivity index (χ4v) is 4.58. The zero-order valence-corrected chi connectivity index (χ0v) is 16.3. The smallest absolute Gasteiger partial charge is 0.265 e. The first-order valence-electron chi connectivity index (χ1n) is 9.46. The molecule has 28 heavy (non-hydrogen) atoms. The van der Waals surface area contributed by atoms with Gasteiger partial charge in [-0.3, -0.25) is 14.5 Å². The molecule has 2 amide bonds. The van der Waals surface area contributed by atoms with Crippen LogP contribution in [-0.4, -0.2) is 36.3 Å². The van der Waals surface area contributed by atoms with Crippen LogP contribution >= 0.6 is 11.8 Å². The molecular formula is C22H21FN2O2S. The van der Waals surface area contributed by atoms with Gasteiger partial charge in [-0.1, -0.05) is 42.1 Å². The predicted octanol–water partition coefficient (Wildman–Crippen LogP) is 4.32. The van der Waals surface area contributed by atoms with E-state index < -0.39 is 0 Å². The second-order valence-corrected chi connectivity index (χ2v) is 8.02. The minimum absolute atomic E-state index is 0.00498. The number of piperidine rings is 1. The van der Waals surface area contributed by atoms with Gasteiger partial charge in [-0.05, 0) is 43.5 Å². The summed E-state index contributed by atoms with van der Waals surface area (Å²) in [5.41, 5.74) is 1.09. The molecule has 2 aromatic rings. The lowest BCUT2D eigenvalue weighted by Gasteiger charge is -2.33. The number of carbonyl (C=O) groups is 2. The summed E-state index contributed by atoms with van der Waals surface area (Å²) < 4.78 is 14.1. The molecule has 0 bridgehead atoms. The highest BCUT2D eigenvalue weighted by Gasteiger charge is 2.32. The summed E-state index contributed by atoms with van der Waals surface area (Å²) in [6.07, 6.45) is 4.72. The monoisotopic (exact) mass is 396 g/mol. The number of benzene rings is 2. The minimum atomic E-state index is -0.377. The van der Waals surface area contributed by atoms with Crippen LogP contribution in [0.1, 0.15) is 24.8 Å². The SMILES string of the molecule is O=C(CN1C(=O)/C(=C/c2ccccc2F)Sc2ccccc21)N1CCCCC1. The molecule has 0 saturated carbocycles. The number of para-hydroxylation sites is 1. The van der Waals surface area contributed by atoms with Crippen molar-refractivity contribution in [2.24, 2.45) is 0 Å². The Morgan fingerprint density at radius 3 is 2.54 bits per heavy atom. The summed E-state index contributed by atoms with van der Waals surface area (Å²) in [5.74, 6) is -0.685. The maximum absolute atomic E-state index is 14.1. The molecule has 4 rings (SSSR count). The van der Waals surface area contributed by atoms with E-state index in [0.29, 0.717) is 10.5 Å². The summed E-state index contributed by atoms with van der Waals surface area (Å²) in [7, 11) is 0. The number of carbonyl (C=O) groups excluding carboxylic acids is 2. The van der Waals surface area contributed by atoms with Gasteiger partial charge in [0.05, 0.1) is 10.6 Å². The van der Waals surface area contributed by atoms with Crippen LogP contribution in [0.3, 0.4) is 0 Å². The van der Waals surface area contributed by atoms with Gasteiger partial charge >= 0.3 is 0 Å². The zero-order valence-electron chi connectivity index (χ0n) is 15.4. The number of rotatable bonds is 3. The highest BCUT2D eigenvalue weighted by molar-refractivity contribution is 8.04. The Kier molecular flexibility index (Phi) is 5.48. The van der Waals surface area contributed by atoms with Gasteiger partial charge in [0.25, 0.3) is 5.91 Å². The Bertz CT molecular complexity index is 938. The Labute approximate surface area is 168 Å². The zero-order chi connectivity index (χ0) is 19.5. The van der Waals surface area contributed by atoms with E-state index in [9.17, 15) is 14.0 Å². The number of thioether (sulfide) groups is 1. The van der Waals surface area contributed by atoms with Crippen LogP contribution in [0, 0.1) is 5.82 Å². The molecule has 1 saturated heterocycles. The number of likely N-dealkylation sites (tertiary alicyclic amines) is 1. The molecule has 0 radical (unpaired) electrons. The molecule has 2 aromatic carbocycles. The van der Waals surface area contributed by atoms with Gasteiger partial charge < -0.3 is 4.90 Å². The van der Waals surface area contributed by atoms with Crippen LogP contribution in [0.2, 0.25) is 0 Å². The quantitative estimate of drug-likeness (QED) is 0.726. The first-order chi connectivity index (χ1) is 13.6. The maximum atomic E-state index is 14.1. The fourth-order valence-electron chi connectivity index (χ4n) is 3.53. The van der Waals surface area contributed by atoms with Crippen LogP contribution < -0.4 is 4.90 Å². The molecule has 144 valence electrons. The van der Waals surface area contributed by atoms with Crippen molar-refractivity contribution in [2.45, 2.75) is 24.2 Å². The lowest BCUT2D eigenvalue weighted by atomic mass is 10.1. The van der Waals surface area contributed by atoms with Crippen LogP contribution in [-0.2, 0) is 9.59 Å². The van der Waals surface area contributed by atoms with Gasteiger partial charge in [-0.2, -0.15) is 0 Å². The molecule has 2 aliphatic heterocycles. The topological polar surface area (TPSA) is 40.6 Å². The normalized spacial score (nSPS) is 18.3. The van der Waals surface area contributed by atoms with Crippen LogP contribution in [0.25, 0.3) is 6.08 Å². The third-order valence-electron chi connectivity index (χ3n) is 5.03. The third-order valence-corrected chi connectivity index (χ3v) is 6.10. The third kappa shape index (κ3) is 3.83. The molecule has 1 fully saturated rings. The van der Waals surface area contributed by atoms with Gasteiger partial charge in [-0.25, -0.2) is 4.39 Å². The molecular weight excluding hydrogens is 375 g/mol. The van der Waals surface area contributed by atoms with Gasteiger partial charge in [0, 0.05) is 23.5 Å².